The van der Waals surface area contributed by atoms with Crippen molar-refractivity contribution in [3.8, 4) is 11.5 Å². The third-order valence-electron chi connectivity index (χ3n) is 11.6. The Kier molecular flexibility index (Phi) is 5.78. The summed E-state index contributed by atoms with van der Waals surface area (Å²) in [7, 11) is 1.42. The summed E-state index contributed by atoms with van der Waals surface area (Å²) >= 11 is 0. The SMILES string of the molecule is COC(=O)CC[C@@H](C)[C@H]1CC[C@H]2[C@@H]3C(=O)C[C@@H]4CC5(CC[C@]4(C)[C@H]3CC(=O)[C@]12C)Oc1ccccc1O5. The highest BCUT2D eigenvalue weighted by Gasteiger charge is 2.67. The van der Waals surface area contributed by atoms with E-state index in [9.17, 15) is 14.4 Å². The van der Waals surface area contributed by atoms with Crippen LogP contribution in [0.25, 0.3) is 0 Å². The summed E-state index contributed by atoms with van der Waals surface area (Å²) < 4.78 is 17.6. The molecule has 1 spiro atoms. The highest BCUT2D eigenvalue weighted by molar-refractivity contribution is 5.92. The number of carbonyl (C=O) groups excluding carboxylic acids is 3. The number of methoxy groups -OCH3 is 1. The molecule has 1 heterocycles. The third-order valence-corrected chi connectivity index (χ3v) is 11.6. The van der Waals surface area contributed by atoms with E-state index in [1.54, 1.807) is 0 Å². The maximum Gasteiger partial charge on any atom is 0.305 e. The summed E-state index contributed by atoms with van der Waals surface area (Å²) in [6, 6.07) is 7.81. The van der Waals surface area contributed by atoms with Gasteiger partial charge in [-0.3, -0.25) is 14.4 Å². The van der Waals surface area contributed by atoms with Crippen molar-refractivity contribution in [3.63, 3.8) is 0 Å². The molecule has 0 N–H and O–H groups in total. The van der Waals surface area contributed by atoms with Gasteiger partial charge in [0.1, 0.15) is 11.6 Å². The third kappa shape index (κ3) is 3.60. The number of ether oxygens (including phenoxy) is 3. The number of fused-ring (bicyclic) bond motifs is 6. The summed E-state index contributed by atoms with van der Waals surface area (Å²) in [5.41, 5.74) is -0.554. The zero-order valence-corrected chi connectivity index (χ0v) is 22.6. The van der Waals surface area contributed by atoms with Crippen LogP contribution in [0.3, 0.4) is 0 Å². The fraction of sp³-hybridized carbons (Fsp3) is 0.710. The molecule has 1 aromatic carbocycles. The number of carbonyl (C=O) groups is 3. The zero-order valence-electron chi connectivity index (χ0n) is 22.6. The highest BCUT2D eigenvalue weighted by Crippen LogP contribution is 2.67. The molecule has 8 atom stereocenters. The molecule has 0 unspecified atom stereocenters. The Morgan fingerprint density at radius 2 is 1.76 bits per heavy atom. The highest BCUT2D eigenvalue weighted by atomic mass is 16.7. The Balaban J connectivity index is 1.23. The summed E-state index contributed by atoms with van der Waals surface area (Å²) in [6.45, 7) is 6.64. The molecule has 1 aromatic rings. The van der Waals surface area contributed by atoms with Crippen molar-refractivity contribution in [1.82, 2.24) is 0 Å². The Bertz CT molecular complexity index is 1100. The predicted molar refractivity (Wildman–Crippen MR) is 137 cm³/mol. The van der Waals surface area contributed by atoms with Gasteiger partial charge >= 0.3 is 5.97 Å². The van der Waals surface area contributed by atoms with Crippen molar-refractivity contribution in [2.45, 2.75) is 84.3 Å². The van der Waals surface area contributed by atoms with Crippen molar-refractivity contribution in [1.29, 1.82) is 0 Å². The van der Waals surface area contributed by atoms with Crippen LogP contribution in [0, 0.1) is 46.3 Å². The molecule has 6 rings (SSSR count). The predicted octanol–water partition coefficient (Wildman–Crippen LogP) is 5.76. The number of hydrogen-bond acceptors (Lipinski definition) is 6. The monoisotopic (exact) mass is 508 g/mol. The van der Waals surface area contributed by atoms with Crippen molar-refractivity contribution in [2.75, 3.05) is 7.11 Å². The van der Waals surface area contributed by atoms with Crippen LogP contribution in [0.15, 0.2) is 24.3 Å². The van der Waals surface area contributed by atoms with Crippen molar-refractivity contribution < 1.29 is 28.6 Å². The molecule has 1 aliphatic heterocycles. The van der Waals surface area contributed by atoms with Crippen molar-refractivity contribution >= 4 is 17.5 Å². The normalized spacial score (nSPS) is 40.1. The van der Waals surface area contributed by atoms with Crippen LogP contribution in [0.4, 0.5) is 0 Å². The van der Waals surface area contributed by atoms with Gasteiger partial charge in [-0.1, -0.05) is 32.9 Å². The van der Waals surface area contributed by atoms with E-state index in [4.69, 9.17) is 14.2 Å². The fourth-order valence-electron chi connectivity index (χ4n) is 9.42. The van der Waals surface area contributed by atoms with Gasteiger partial charge < -0.3 is 14.2 Å². The van der Waals surface area contributed by atoms with Crippen LogP contribution < -0.4 is 9.47 Å². The number of benzene rings is 1. The number of rotatable bonds is 4. The molecule has 0 aromatic heterocycles. The molecule has 6 nitrogen and oxygen atoms in total. The van der Waals surface area contributed by atoms with Crippen LogP contribution in [-0.2, 0) is 19.1 Å². The minimum atomic E-state index is -0.693. The summed E-state index contributed by atoms with van der Waals surface area (Å²) in [4.78, 5) is 39.7. The van der Waals surface area contributed by atoms with E-state index >= 15 is 0 Å². The van der Waals surface area contributed by atoms with E-state index < -0.39 is 11.2 Å². The van der Waals surface area contributed by atoms with E-state index in [1.807, 2.05) is 24.3 Å². The van der Waals surface area contributed by atoms with Crippen LogP contribution >= 0.6 is 0 Å². The van der Waals surface area contributed by atoms with E-state index in [0.717, 1.165) is 43.6 Å². The smallest absolute Gasteiger partial charge is 0.305 e. The van der Waals surface area contributed by atoms with E-state index in [-0.39, 0.29) is 46.9 Å². The standard InChI is InChI=1S/C31H40O6/c1-18(9-12-27(34)35-4)20-10-11-21-28-22(16-26(33)30(20,21)3)29(2)13-14-31(17-19(29)15-23(28)32)36-24-7-5-6-8-25(24)37-31/h5-8,18-22,28H,9-17H2,1-4H3/t18-,19-,20-,21+,22+,28+,29+,30-/m1/s1. The first-order valence-electron chi connectivity index (χ1n) is 14.2. The van der Waals surface area contributed by atoms with Crippen molar-refractivity contribution in [3.05, 3.63) is 24.3 Å². The maximum absolute atomic E-state index is 14.0. The number of hydrogen-bond donors (Lipinski definition) is 0. The van der Waals surface area contributed by atoms with Gasteiger partial charge in [-0.2, -0.15) is 0 Å². The topological polar surface area (TPSA) is 78.9 Å². The van der Waals surface area contributed by atoms with Gasteiger partial charge in [0, 0.05) is 43.4 Å². The van der Waals surface area contributed by atoms with Gasteiger partial charge in [0.15, 0.2) is 11.5 Å². The maximum atomic E-state index is 14.0. The first-order valence-corrected chi connectivity index (χ1v) is 14.2. The molecule has 200 valence electrons. The lowest BCUT2D eigenvalue weighted by Crippen LogP contribution is -2.62. The minimum Gasteiger partial charge on any atom is -0.469 e. The Morgan fingerprint density at radius 3 is 2.43 bits per heavy atom. The van der Waals surface area contributed by atoms with Gasteiger partial charge in [-0.15, -0.1) is 0 Å². The first-order chi connectivity index (χ1) is 17.6. The fourth-order valence-corrected chi connectivity index (χ4v) is 9.42. The summed E-state index contributed by atoms with van der Waals surface area (Å²) in [6.07, 6.45) is 6.38. The molecular formula is C31H40O6. The lowest BCUT2D eigenvalue weighted by Gasteiger charge is -2.60. The second kappa shape index (κ2) is 8.57. The van der Waals surface area contributed by atoms with Crippen LogP contribution in [-0.4, -0.2) is 30.4 Å². The lowest BCUT2D eigenvalue weighted by molar-refractivity contribution is -0.192. The summed E-state index contributed by atoms with van der Waals surface area (Å²) in [5, 5.41) is 0. The van der Waals surface area contributed by atoms with Crippen LogP contribution in [0.2, 0.25) is 0 Å². The molecule has 0 bridgehead atoms. The second-order valence-electron chi connectivity index (χ2n) is 13.1. The first kappa shape index (κ1) is 24.9. The average Bonchev–Trinajstić information content (AvgIpc) is 3.42. The Morgan fingerprint density at radius 1 is 1.05 bits per heavy atom. The van der Waals surface area contributed by atoms with Gasteiger partial charge in [0.2, 0.25) is 0 Å². The van der Waals surface area contributed by atoms with Gasteiger partial charge in [0.25, 0.3) is 5.79 Å². The van der Waals surface area contributed by atoms with Crippen LogP contribution in [0.1, 0.15) is 78.6 Å². The molecule has 37 heavy (non-hydrogen) atoms. The van der Waals surface area contributed by atoms with Gasteiger partial charge in [-0.25, -0.2) is 0 Å². The van der Waals surface area contributed by atoms with Crippen LogP contribution in [0.5, 0.6) is 11.5 Å². The molecule has 4 aliphatic carbocycles. The Hall–Kier alpha value is -2.37. The molecule has 0 amide bonds. The molecule has 6 heteroatoms. The van der Waals surface area contributed by atoms with E-state index in [2.05, 4.69) is 20.8 Å². The molecule has 0 saturated heterocycles. The van der Waals surface area contributed by atoms with Gasteiger partial charge in [-0.05, 0) is 72.8 Å². The molecule has 0 radical (unpaired) electrons. The largest absolute Gasteiger partial charge is 0.469 e. The second-order valence-corrected chi connectivity index (χ2v) is 13.1. The molecule has 4 saturated carbocycles. The number of ketones is 2. The average molecular weight is 509 g/mol. The van der Waals surface area contributed by atoms with Gasteiger partial charge in [0.05, 0.1) is 7.11 Å². The molecule has 5 aliphatic rings. The summed E-state index contributed by atoms with van der Waals surface area (Å²) in [5.74, 6) is 2.11. The molecular weight excluding hydrogens is 468 g/mol. The quantitative estimate of drug-likeness (QED) is 0.481. The van der Waals surface area contributed by atoms with E-state index in [1.165, 1.54) is 7.11 Å². The number of para-hydroxylation sites is 2. The van der Waals surface area contributed by atoms with Crippen molar-refractivity contribution in [2.24, 2.45) is 46.3 Å². The lowest BCUT2D eigenvalue weighted by atomic mass is 9.43. The number of esters is 1. The molecule has 4 fully saturated rings. The Labute approximate surface area is 219 Å². The van der Waals surface area contributed by atoms with E-state index in [0.29, 0.717) is 37.2 Å². The number of Topliss-reactive ketones (excluding diaryl/α,β-unsaturated/α-hetero) is 2. The minimum absolute atomic E-state index is 0.0431. The zero-order chi connectivity index (χ0) is 26.2.